The van der Waals surface area contributed by atoms with Crippen LogP contribution < -0.4 is 52.1 Å². The molecule has 16 aromatic carbocycles. The first-order valence-corrected chi connectivity index (χ1v) is 42.9. The van der Waals surface area contributed by atoms with E-state index < -0.39 is 0 Å². The molecule has 6 aliphatic rings. The molecule has 574 valence electrons. The molecule has 0 spiro atoms. The van der Waals surface area contributed by atoms with Crippen molar-refractivity contribution in [2.75, 3.05) is 9.80 Å². The highest BCUT2D eigenvalue weighted by atomic mass is 16.5. The SMILES string of the molecule is CC1(C)CCC(C)(C)c2c(-c3ccc(N4c5cc(-n6c7ccccc7c7ccccc76)ccc5B5c6ccc(-n7c8ccccc8c8ccccc87)cc6N(c6ccccc6-c6ccccc6)c6cc(-c7cc8c9c(c7)Oc7ccc(-c%10cccc%11c%10C(C)(C)CCC%11(C)C)cc7B9c7ccc(-c9ccccc9)cc7O8)cc4c65)cc3)cccc21. The Bertz CT molecular complexity index is 7280. The van der Waals surface area contributed by atoms with E-state index in [-0.39, 0.29) is 35.1 Å². The highest BCUT2D eigenvalue weighted by molar-refractivity contribution is 7.00. The van der Waals surface area contributed by atoms with Crippen molar-refractivity contribution < 1.29 is 9.47 Å². The third kappa shape index (κ3) is 10.6. The Morgan fingerprint density at radius 1 is 0.242 bits per heavy atom. The van der Waals surface area contributed by atoms with Crippen LogP contribution >= 0.6 is 0 Å². The van der Waals surface area contributed by atoms with E-state index in [0.29, 0.717) is 0 Å². The van der Waals surface area contributed by atoms with Gasteiger partial charge in [0, 0.05) is 72.4 Å². The van der Waals surface area contributed by atoms with E-state index in [1.54, 1.807) is 0 Å². The fourth-order valence-corrected chi connectivity index (χ4v) is 22.3. The summed E-state index contributed by atoms with van der Waals surface area (Å²) in [5.74, 6) is 3.25. The Labute approximate surface area is 702 Å². The molecule has 0 saturated carbocycles. The summed E-state index contributed by atoms with van der Waals surface area (Å²) in [7, 11) is 0. The minimum atomic E-state index is -0.252. The maximum atomic E-state index is 7.66. The van der Waals surface area contributed by atoms with Crippen LogP contribution in [-0.4, -0.2) is 22.6 Å². The molecule has 120 heavy (non-hydrogen) atoms. The summed E-state index contributed by atoms with van der Waals surface area (Å²) < 4.78 is 20.3. The van der Waals surface area contributed by atoms with Crippen LogP contribution in [-0.2, 0) is 21.7 Å². The Morgan fingerprint density at radius 2 is 0.650 bits per heavy atom. The monoisotopic (exact) mass is 1540 g/mol. The first-order chi connectivity index (χ1) is 58.5. The van der Waals surface area contributed by atoms with Crippen LogP contribution in [0.15, 0.2) is 340 Å². The number of hydrogen-bond donors (Lipinski definition) is 0. The first-order valence-electron chi connectivity index (χ1n) is 42.9. The van der Waals surface area contributed by atoms with Gasteiger partial charge in [-0.25, -0.2) is 0 Å². The molecule has 6 nitrogen and oxygen atoms in total. The highest BCUT2D eigenvalue weighted by Gasteiger charge is 2.48. The molecule has 18 aromatic rings. The van der Waals surface area contributed by atoms with E-state index in [4.69, 9.17) is 9.47 Å². The van der Waals surface area contributed by atoms with Crippen molar-refractivity contribution in [2.24, 2.45) is 0 Å². The second-order valence-electron chi connectivity index (χ2n) is 37.1. The fraction of sp³-hybridized carbons (Fsp3) is 0.143. The molecule has 24 rings (SSSR count). The number of hydrogen-bond acceptors (Lipinski definition) is 4. The van der Waals surface area contributed by atoms with Gasteiger partial charge in [0.05, 0.1) is 27.8 Å². The van der Waals surface area contributed by atoms with Gasteiger partial charge in [-0.3, -0.25) is 0 Å². The lowest BCUT2D eigenvalue weighted by Crippen LogP contribution is -2.61. The van der Waals surface area contributed by atoms with Crippen LogP contribution in [0.25, 0.3) is 111 Å². The van der Waals surface area contributed by atoms with E-state index >= 15 is 0 Å². The van der Waals surface area contributed by atoms with Crippen molar-refractivity contribution in [2.45, 2.75) is 103 Å². The standard InChI is InChI=1S/C112H88B2N4O2/c1-109(2)57-59-111(5,6)105-80(36-25-38-86(105)109)71-45-49-76(50-46-71)115-97-67-77(116-93-41-21-16-32-82(93)83-33-17-22-42-94(83)116)51-54-88(97)113-89-55-52-78(117-95-43-23-18-34-84(95)85-35-19-24-44-96(85)117)68-98(89)118(92-40-20-15-31-79(92)70-29-13-10-14-30-70)100-63-74(62-99(115)107(100)113)75-65-103-108-104(66-75)120-102-64-72(69-27-11-9-12-28-69)47-53-90(102)114(108)91-61-73(48-56-101(91)119-103)81-37-26-39-87-106(81)112(7,8)60-58-110(87,3)4/h9-56,61-68H,57-60H2,1-8H3. The molecule has 6 heterocycles. The second kappa shape index (κ2) is 26.0. The molecule has 2 aliphatic carbocycles. The van der Waals surface area contributed by atoms with Crippen LogP contribution in [0.5, 0.6) is 23.0 Å². The third-order valence-electron chi connectivity index (χ3n) is 28.3. The van der Waals surface area contributed by atoms with Crippen LogP contribution in [0.4, 0.5) is 34.1 Å². The Morgan fingerprint density at radius 3 is 1.22 bits per heavy atom. The number of fused-ring (bicyclic) bond motifs is 16. The number of rotatable bonds is 9. The summed E-state index contributed by atoms with van der Waals surface area (Å²) in [5.41, 5.74) is 37.6. The predicted octanol–water partition coefficient (Wildman–Crippen LogP) is 25.7. The molecule has 0 amide bonds. The van der Waals surface area contributed by atoms with Crippen LogP contribution in [0.2, 0.25) is 0 Å². The van der Waals surface area contributed by atoms with Crippen molar-refractivity contribution in [1.29, 1.82) is 0 Å². The van der Waals surface area contributed by atoms with Gasteiger partial charge in [0.15, 0.2) is 0 Å². The van der Waals surface area contributed by atoms with E-state index in [0.717, 1.165) is 166 Å². The quantitative estimate of drug-likeness (QED) is 0.135. The van der Waals surface area contributed by atoms with Crippen molar-refractivity contribution in [3.8, 4) is 90.0 Å². The van der Waals surface area contributed by atoms with E-state index in [1.807, 2.05) is 0 Å². The molecule has 0 radical (unpaired) electrons. The summed E-state index contributed by atoms with van der Waals surface area (Å²) >= 11 is 0. The smallest absolute Gasteiger partial charge is 0.260 e. The number of ether oxygens (including phenoxy) is 2. The van der Waals surface area contributed by atoms with E-state index in [2.05, 4.69) is 414 Å². The lowest BCUT2D eigenvalue weighted by molar-refractivity contribution is 0.333. The largest absolute Gasteiger partial charge is 0.458 e. The van der Waals surface area contributed by atoms with E-state index in [9.17, 15) is 0 Å². The van der Waals surface area contributed by atoms with E-state index in [1.165, 1.54) is 82.4 Å². The molecule has 0 saturated heterocycles. The number of anilines is 6. The molecule has 2 aromatic heterocycles. The molecule has 0 bridgehead atoms. The zero-order valence-corrected chi connectivity index (χ0v) is 68.9. The molecule has 0 N–H and O–H groups in total. The summed E-state index contributed by atoms with van der Waals surface area (Å²) in [6, 6.07) is 128. The van der Waals surface area contributed by atoms with Crippen molar-refractivity contribution in [3.63, 3.8) is 0 Å². The predicted molar refractivity (Wildman–Crippen MR) is 505 cm³/mol. The van der Waals surface area contributed by atoms with Gasteiger partial charge in [0.1, 0.15) is 23.0 Å². The van der Waals surface area contributed by atoms with Crippen LogP contribution in [0.1, 0.15) is 103 Å². The number of para-hydroxylation sites is 5. The van der Waals surface area contributed by atoms with Crippen molar-refractivity contribution in [1.82, 2.24) is 9.13 Å². The molecular formula is C112H88B2N4O2. The molecular weight excluding hydrogens is 1450 g/mol. The minimum absolute atomic E-state index is 0.0137. The zero-order chi connectivity index (χ0) is 80.4. The van der Waals surface area contributed by atoms with Crippen LogP contribution in [0.3, 0.4) is 0 Å². The van der Waals surface area contributed by atoms with Gasteiger partial charge in [-0.1, -0.05) is 292 Å². The van der Waals surface area contributed by atoms with Gasteiger partial charge < -0.3 is 28.4 Å². The summed E-state index contributed by atoms with van der Waals surface area (Å²) in [5, 5.41) is 4.88. The normalized spacial score (nSPS) is 15.7. The van der Waals surface area contributed by atoms with Gasteiger partial charge >= 0.3 is 0 Å². The molecule has 0 atom stereocenters. The molecule has 0 fully saturated rings. The fourth-order valence-electron chi connectivity index (χ4n) is 22.3. The van der Waals surface area contributed by atoms with Gasteiger partial charge in [-0.05, 0) is 250 Å². The Balaban J connectivity index is 0.784. The van der Waals surface area contributed by atoms with Crippen molar-refractivity contribution in [3.05, 3.63) is 362 Å². The lowest BCUT2D eigenvalue weighted by Gasteiger charge is -2.45. The number of benzene rings is 16. The zero-order valence-electron chi connectivity index (χ0n) is 68.9. The first kappa shape index (κ1) is 70.6. The average molecular weight is 1540 g/mol. The maximum absolute atomic E-state index is 7.66. The summed E-state index contributed by atoms with van der Waals surface area (Å²) in [6.07, 6.45) is 4.53. The molecule has 8 heteroatoms. The topological polar surface area (TPSA) is 34.8 Å². The Kier molecular flexibility index (Phi) is 15.3. The summed E-state index contributed by atoms with van der Waals surface area (Å²) in [4.78, 5) is 5.25. The number of aromatic nitrogens is 2. The third-order valence-corrected chi connectivity index (χ3v) is 28.3. The van der Waals surface area contributed by atoms with Gasteiger partial charge in [-0.2, -0.15) is 0 Å². The Hall–Kier alpha value is -13.6. The maximum Gasteiger partial charge on any atom is 0.260 e. The van der Waals surface area contributed by atoms with Gasteiger partial charge in [0.2, 0.25) is 0 Å². The lowest BCUT2D eigenvalue weighted by atomic mass is 9.33. The average Bonchev–Trinajstić information content (AvgIpc) is 0.725. The highest BCUT2D eigenvalue weighted by Crippen LogP contribution is 2.55. The van der Waals surface area contributed by atoms with Crippen molar-refractivity contribution >= 4 is 124 Å². The number of nitrogens with zero attached hydrogens (tertiary/aromatic N) is 4. The minimum Gasteiger partial charge on any atom is -0.458 e. The molecule has 0 unspecified atom stereocenters. The molecule has 4 aliphatic heterocycles. The summed E-state index contributed by atoms with van der Waals surface area (Å²) in [6.45, 7) is 19.1. The van der Waals surface area contributed by atoms with Gasteiger partial charge in [0.25, 0.3) is 13.4 Å². The van der Waals surface area contributed by atoms with Gasteiger partial charge in [-0.15, -0.1) is 0 Å². The second-order valence-corrected chi connectivity index (χ2v) is 37.1. The van der Waals surface area contributed by atoms with Crippen LogP contribution in [0, 0.1) is 0 Å².